The summed E-state index contributed by atoms with van der Waals surface area (Å²) >= 11 is 0. The van der Waals surface area contributed by atoms with Crippen molar-refractivity contribution < 1.29 is 23.4 Å². The van der Waals surface area contributed by atoms with Crippen LogP contribution in [0.5, 0.6) is 0 Å². The molecule has 1 fully saturated rings. The summed E-state index contributed by atoms with van der Waals surface area (Å²) in [5, 5.41) is 18.2. The fourth-order valence-corrected chi connectivity index (χ4v) is 3.34. The maximum atomic E-state index is 11.6. The average Bonchev–Trinajstić information content (AvgIpc) is 2.11. The third-order valence-corrected chi connectivity index (χ3v) is 4.39. The van der Waals surface area contributed by atoms with Crippen LogP contribution in [0.4, 0.5) is 0 Å². The van der Waals surface area contributed by atoms with Gasteiger partial charge in [0.15, 0.2) is 0 Å². The van der Waals surface area contributed by atoms with Gasteiger partial charge in [-0.3, -0.25) is 4.79 Å². The van der Waals surface area contributed by atoms with Gasteiger partial charge in [0.2, 0.25) is 10.0 Å². The molecule has 16 heavy (non-hydrogen) atoms. The van der Waals surface area contributed by atoms with Gasteiger partial charge in [0.25, 0.3) is 0 Å². The number of hydrogen-bond donors (Lipinski definition) is 2. The largest absolute Gasteiger partial charge is 0.481 e. The van der Waals surface area contributed by atoms with Crippen LogP contribution in [-0.4, -0.2) is 53.3 Å². The molecule has 1 aliphatic rings. The zero-order chi connectivity index (χ0) is 12.4. The number of sulfonamides is 1. The van der Waals surface area contributed by atoms with Gasteiger partial charge in [-0.2, -0.15) is 4.31 Å². The van der Waals surface area contributed by atoms with E-state index in [1.165, 1.54) is 0 Å². The number of carboxylic acid groups (broad SMARTS) is 1. The summed E-state index contributed by atoms with van der Waals surface area (Å²) in [5.41, 5.74) is -0.912. The second kappa shape index (κ2) is 4.68. The van der Waals surface area contributed by atoms with Crippen LogP contribution in [0, 0.1) is 0 Å². The quantitative estimate of drug-likeness (QED) is 0.672. The summed E-state index contributed by atoms with van der Waals surface area (Å²) in [4.78, 5) is 10.3. The third-order valence-electron chi connectivity index (χ3n) is 2.62. The van der Waals surface area contributed by atoms with Crippen molar-refractivity contribution in [2.45, 2.75) is 31.8 Å². The van der Waals surface area contributed by atoms with E-state index >= 15 is 0 Å². The third kappa shape index (κ3) is 3.16. The number of carboxylic acids is 1. The molecule has 0 aromatic carbocycles. The molecule has 0 atom stereocenters. The fraction of sp³-hybridized carbons (Fsp3) is 0.889. The lowest BCUT2D eigenvalue weighted by Gasteiger charge is -2.45. The Labute approximate surface area is 94.9 Å². The highest BCUT2D eigenvalue weighted by molar-refractivity contribution is 7.89. The second-order valence-electron chi connectivity index (χ2n) is 4.20. The number of aliphatic carboxylic acids is 1. The Bertz CT molecular complexity index is 358. The molecule has 0 amide bonds. The molecular formula is C9H17NO5S. The molecule has 1 heterocycles. The SMILES string of the molecule is CCCC1(O)CN(S(=O)(=O)CCC(=O)O)C1. The molecule has 0 spiro atoms. The first-order valence-corrected chi connectivity index (χ1v) is 6.82. The van der Waals surface area contributed by atoms with E-state index in [4.69, 9.17) is 5.11 Å². The number of nitrogens with zero attached hydrogens (tertiary/aromatic N) is 1. The van der Waals surface area contributed by atoms with Crippen LogP contribution in [0.15, 0.2) is 0 Å². The minimum absolute atomic E-state index is 0.0861. The van der Waals surface area contributed by atoms with Gasteiger partial charge in [-0.15, -0.1) is 0 Å². The maximum absolute atomic E-state index is 11.6. The van der Waals surface area contributed by atoms with Crippen LogP contribution < -0.4 is 0 Å². The highest BCUT2D eigenvalue weighted by Crippen LogP contribution is 2.28. The van der Waals surface area contributed by atoms with Crippen molar-refractivity contribution in [2.24, 2.45) is 0 Å². The Kier molecular flexibility index (Phi) is 3.92. The Morgan fingerprint density at radius 1 is 1.44 bits per heavy atom. The lowest BCUT2D eigenvalue weighted by molar-refractivity contribution is -0.136. The molecular weight excluding hydrogens is 234 g/mol. The number of rotatable bonds is 6. The van der Waals surface area contributed by atoms with E-state index in [9.17, 15) is 18.3 Å². The van der Waals surface area contributed by atoms with Crippen molar-refractivity contribution in [3.63, 3.8) is 0 Å². The van der Waals surface area contributed by atoms with E-state index < -0.39 is 33.8 Å². The first kappa shape index (κ1) is 13.4. The van der Waals surface area contributed by atoms with E-state index in [0.717, 1.165) is 10.7 Å². The van der Waals surface area contributed by atoms with Gasteiger partial charge in [-0.25, -0.2) is 8.42 Å². The highest BCUT2D eigenvalue weighted by atomic mass is 32.2. The van der Waals surface area contributed by atoms with Crippen LogP contribution in [0.2, 0.25) is 0 Å². The fourth-order valence-electron chi connectivity index (χ4n) is 1.78. The van der Waals surface area contributed by atoms with Crippen LogP contribution >= 0.6 is 0 Å². The lowest BCUT2D eigenvalue weighted by Crippen LogP contribution is -2.63. The van der Waals surface area contributed by atoms with Gasteiger partial charge in [-0.1, -0.05) is 13.3 Å². The van der Waals surface area contributed by atoms with Crippen LogP contribution in [0.3, 0.4) is 0 Å². The van der Waals surface area contributed by atoms with Gasteiger partial charge < -0.3 is 10.2 Å². The molecule has 7 heteroatoms. The Balaban J connectivity index is 2.47. The summed E-state index contributed by atoms with van der Waals surface area (Å²) in [6.07, 6.45) is 0.961. The van der Waals surface area contributed by atoms with Crippen molar-refractivity contribution in [2.75, 3.05) is 18.8 Å². The van der Waals surface area contributed by atoms with Gasteiger partial charge in [0, 0.05) is 13.1 Å². The van der Waals surface area contributed by atoms with Gasteiger partial charge in [0.1, 0.15) is 0 Å². The Morgan fingerprint density at radius 3 is 2.44 bits per heavy atom. The first-order chi connectivity index (χ1) is 7.29. The lowest BCUT2D eigenvalue weighted by atomic mass is 9.92. The molecule has 94 valence electrons. The predicted molar refractivity (Wildman–Crippen MR) is 57.5 cm³/mol. The van der Waals surface area contributed by atoms with Crippen molar-refractivity contribution in [1.82, 2.24) is 4.31 Å². The van der Waals surface area contributed by atoms with Gasteiger partial charge >= 0.3 is 5.97 Å². The molecule has 2 N–H and O–H groups in total. The average molecular weight is 251 g/mol. The smallest absolute Gasteiger partial charge is 0.304 e. The summed E-state index contributed by atoms with van der Waals surface area (Å²) in [6.45, 7) is 2.09. The van der Waals surface area contributed by atoms with E-state index in [2.05, 4.69) is 0 Å². The van der Waals surface area contributed by atoms with E-state index in [-0.39, 0.29) is 13.1 Å². The maximum Gasteiger partial charge on any atom is 0.304 e. The zero-order valence-electron chi connectivity index (χ0n) is 9.22. The van der Waals surface area contributed by atoms with Crippen molar-refractivity contribution in [1.29, 1.82) is 0 Å². The summed E-state index contributed by atoms with van der Waals surface area (Å²) in [7, 11) is -3.52. The molecule has 1 aliphatic heterocycles. The van der Waals surface area contributed by atoms with Gasteiger partial charge in [-0.05, 0) is 6.42 Å². The Hall–Kier alpha value is -0.660. The molecule has 0 aromatic rings. The van der Waals surface area contributed by atoms with Gasteiger partial charge in [0.05, 0.1) is 17.8 Å². The minimum Gasteiger partial charge on any atom is -0.481 e. The zero-order valence-corrected chi connectivity index (χ0v) is 10.0. The van der Waals surface area contributed by atoms with E-state index in [1.807, 2.05) is 6.92 Å². The highest BCUT2D eigenvalue weighted by Gasteiger charge is 2.45. The first-order valence-electron chi connectivity index (χ1n) is 5.21. The molecule has 0 radical (unpaired) electrons. The number of hydrogen-bond acceptors (Lipinski definition) is 4. The number of aliphatic hydroxyl groups is 1. The standard InChI is InChI=1S/C9H17NO5S/c1-2-4-9(13)6-10(7-9)16(14,15)5-3-8(11)12/h13H,2-7H2,1H3,(H,11,12). The summed E-state index contributed by atoms with van der Waals surface area (Å²) < 4.78 is 24.3. The minimum atomic E-state index is -3.52. The second-order valence-corrected chi connectivity index (χ2v) is 6.29. The molecule has 0 unspecified atom stereocenters. The van der Waals surface area contributed by atoms with Crippen molar-refractivity contribution >= 4 is 16.0 Å². The monoisotopic (exact) mass is 251 g/mol. The molecule has 0 saturated carbocycles. The predicted octanol–water partition coefficient (Wildman–Crippen LogP) is -0.362. The number of β-amino-alcohol motifs (C(OH)–C–C–N with tert-alkyl or cyclic N) is 1. The molecule has 0 aromatic heterocycles. The van der Waals surface area contributed by atoms with E-state index in [0.29, 0.717) is 6.42 Å². The van der Waals surface area contributed by atoms with Crippen LogP contribution in [-0.2, 0) is 14.8 Å². The van der Waals surface area contributed by atoms with Crippen LogP contribution in [0.25, 0.3) is 0 Å². The molecule has 1 saturated heterocycles. The molecule has 0 bridgehead atoms. The molecule has 6 nitrogen and oxygen atoms in total. The molecule has 0 aliphatic carbocycles. The van der Waals surface area contributed by atoms with Crippen molar-refractivity contribution in [3.8, 4) is 0 Å². The van der Waals surface area contributed by atoms with E-state index in [1.54, 1.807) is 0 Å². The normalized spacial score (nSPS) is 20.4. The Morgan fingerprint density at radius 2 is 2.00 bits per heavy atom. The van der Waals surface area contributed by atoms with Crippen LogP contribution in [0.1, 0.15) is 26.2 Å². The summed E-state index contributed by atoms with van der Waals surface area (Å²) in [5.74, 6) is -1.53. The topological polar surface area (TPSA) is 94.9 Å². The molecule has 1 rings (SSSR count). The van der Waals surface area contributed by atoms with Crippen molar-refractivity contribution in [3.05, 3.63) is 0 Å². The number of carbonyl (C=O) groups is 1. The summed E-state index contributed by atoms with van der Waals surface area (Å²) in [6, 6.07) is 0.